The first kappa shape index (κ1) is 30.6. The molecule has 0 aliphatic rings. The second-order valence-electron chi connectivity index (χ2n) is 8.59. The molecule has 13 nitrogen and oxygen atoms in total. The summed E-state index contributed by atoms with van der Waals surface area (Å²) in [5, 5.41) is 36.1. The number of hydrogen-bond acceptors (Lipinski definition) is 8. The summed E-state index contributed by atoms with van der Waals surface area (Å²) >= 11 is 1.41. The van der Waals surface area contributed by atoms with Gasteiger partial charge in [0.2, 0.25) is 17.7 Å². The number of rotatable bonds is 16. The maximum Gasteiger partial charge on any atom is 0.326 e. The van der Waals surface area contributed by atoms with Crippen molar-refractivity contribution >= 4 is 52.3 Å². The zero-order chi connectivity index (χ0) is 28.2. The van der Waals surface area contributed by atoms with E-state index in [-0.39, 0.29) is 25.7 Å². The number of carbonyl (C=O) groups excluding carboxylic acids is 3. The minimum atomic E-state index is -1.45. The smallest absolute Gasteiger partial charge is 0.326 e. The van der Waals surface area contributed by atoms with Gasteiger partial charge in [-0.15, -0.1) is 0 Å². The molecule has 1 heterocycles. The standard InChI is InChI=1S/C24H33N5O8S/c1-38-9-8-17(27-23(35)19(12-30)29-21(33)15(25)6-7-20(31)32)22(34)28-18(24(36)37)10-13-11-26-16-5-3-2-4-14(13)16/h2-5,11,15,17-19,26,30H,6-10,12,25H2,1H3,(H,27,35)(H,28,34)(H,29,33)(H,31,32)(H,36,37). The summed E-state index contributed by atoms with van der Waals surface area (Å²) in [6.45, 7) is -0.807. The highest BCUT2D eigenvalue weighted by molar-refractivity contribution is 7.98. The number of amides is 3. The van der Waals surface area contributed by atoms with Gasteiger partial charge in [0, 0.05) is 29.9 Å². The van der Waals surface area contributed by atoms with Gasteiger partial charge in [0.05, 0.1) is 12.6 Å². The van der Waals surface area contributed by atoms with Crippen molar-refractivity contribution in [1.82, 2.24) is 20.9 Å². The molecule has 14 heteroatoms. The summed E-state index contributed by atoms with van der Waals surface area (Å²) in [4.78, 5) is 63.7. The molecule has 0 saturated heterocycles. The predicted octanol–water partition coefficient (Wildman–Crippen LogP) is -0.813. The predicted molar refractivity (Wildman–Crippen MR) is 140 cm³/mol. The van der Waals surface area contributed by atoms with E-state index in [1.54, 1.807) is 12.5 Å². The Kier molecular flexibility index (Phi) is 12.0. The van der Waals surface area contributed by atoms with Gasteiger partial charge in [-0.1, -0.05) is 18.2 Å². The Morgan fingerprint density at radius 1 is 0.947 bits per heavy atom. The van der Waals surface area contributed by atoms with E-state index in [0.29, 0.717) is 11.3 Å². The van der Waals surface area contributed by atoms with Crippen LogP contribution >= 0.6 is 11.8 Å². The zero-order valence-electron chi connectivity index (χ0n) is 20.8. The Bertz CT molecular complexity index is 1140. The lowest BCUT2D eigenvalue weighted by Crippen LogP contribution is -2.58. The van der Waals surface area contributed by atoms with Gasteiger partial charge in [0.15, 0.2) is 0 Å². The number of thioether (sulfide) groups is 1. The monoisotopic (exact) mass is 551 g/mol. The topological polar surface area (TPSA) is 224 Å². The van der Waals surface area contributed by atoms with Crippen LogP contribution in [0.15, 0.2) is 30.5 Å². The molecule has 0 bridgehead atoms. The highest BCUT2D eigenvalue weighted by atomic mass is 32.2. The number of fused-ring (bicyclic) bond motifs is 1. The first-order valence-electron chi connectivity index (χ1n) is 11.8. The summed E-state index contributed by atoms with van der Waals surface area (Å²) < 4.78 is 0. The molecule has 0 aliphatic heterocycles. The fourth-order valence-corrected chi connectivity index (χ4v) is 4.12. The number of carbonyl (C=O) groups is 5. The number of aromatic nitrogens is 1. The Hall–Kier alpha value is -3.62. The summed E-state index contributed by atoms with van der Waals surface area (Å²) in [6.07, 6.45) is 3.09. The third kappa shape index (κ3) is 9.04. The number of carboxylic acids is 2. The van der Waals surface area contributed by atoms with Crippen molar-refractivity contribution in [2.45, 2.75) is 49.9 Å². The van der Waals surface area contributed by atoms with Crippen LogP contribution in [0.5, 0.6) is 0 Å². The van der Waals surface area contributed by atoms with Gasteiger partial charge in [-0.2, -0.15) is 11.8 Å². The van der Waals surface area contributed by atoms with E-state index >= 15 is 0 Å². The maximum atomic E-state index is 13.1. The molecule has 4 atom stereocenters. The van der Waals surface area contributed by atoms with Crippen molar-refractivity contribution in [1.29, 1.82) is 0 Å². The second kappa shape index (κ2) is 15.0. The third-order valence-electron chi connectivity index (χ3n) is 5.78. The summed E-state index contributed by atoms with van der Waals surface area (Å²) in [5.74, 6) is -4.40. The lowest BCUT2D eigenvalue weighted by atomic mass is 10.0. The highest BCUT2D eigenvalue weighted by Crippen LogP contribution is 2.19. The van der Waals surface area contributed by atoms with E-state index in [2.05, 4.69) is 20.9 Å². The first-order chi connectivity index (χ1) is 18.1. The van der Waals surface area contributed by atoms with Crippen molar-refractivity contribution in [3.8, 4) is 0 Å². The number of carboxylic acid groups (broad SMARTS) is 2. The number of nitrogens with one attached hydrogen (secondary N) is 4. The molecule has 208 valence electrons. The lowest BCUT2D eigenvalue weighted by Gasteiger charge is -2.24. The molecule has 3 amide bonds. The highest BCUT2D eigenvalue weighted by Gasteiger charge is 2.30. The average molecular weight is 552 g/mol. The minimum Gasteiger partial charge on any atom is -0.481 e. The lowest BCUT2D eigenvalue weighted by molar-refractivity contribution is -0.142. The van der Waals surface area contributed by atoms with Gasteiger partial charge in [0.1, 0.15) is 18.1 Å². The molecule has 1 aromatic heterocycles. The van der Waals surface area contributed by atoms with Crippen LogP contribution in [-0.2, 0) is 30.4 Å². The van der Waals surface area contributed by atoms with Crippen LogP contribution in [0.3, 0.4) is 0 Å². The van der Waals surface area contributed by atoms with Crippen molar-refractivity contribution in [3.63, 3.8) is 0 Å². The number of aliphatic hydroxyl groups is 1. The van der Waals surface area contributed by atoms with Crippen LogP contribution in [0.4, 0.5) is 0 Å². The van der Waals surface area contributed by atoms with Crippen molar-refractivity contribution in [3.05, 3.63) is 36.0 Å². The van der Waals surface area contributed by atoms with Gasteiger partial charge >= 0.3 is 11.9 Å². The number of benzene rings is 1. The Morgan fingerprint density at radius 2 is 1.58 bits per heavy atom. The zero-order valence-corrected chi connectivity index (χ0v) is 21.6. The van der Waals surface area contributed by atoms with E-state index < -0.39 is 60.4 Å². The fraction of sp³-hybridized carbons (Fsp3) is 0.458. The van der Waals surface area contributed by atoms with Crippen LogP contribution in [0, 0.1) is 0 Å². The molecule has 38 heavy (non-hydrogen) atoms. The second-order valence-corrected chi connectivity index (χ2v) is 9.57. The summed E-state index contributed by atoms with van der Waals surface area (Å²) in [7, 11) is 0. The quantitative estimate of drug-likeness (QED) is 0.129. The first-order valence-corrected chi connectivity index (χ1v) is 13.2. The molecule has 2 rings (SSSR count). The van der Waals surface area contributed by atoms with Crippen molar-refractivity contribution in [2.75, 3.05) is 18.6 Å². The Morgan fingerprint density at radius 3 is 2.21 bits per heavy atom. The number of aliphatic carboxylic acids is 2. The van der Waals surface area contributed by atoms with Gasteiger partial charge < -0.3 is 42.0 Å². The average Bonchev–Trinajstić information content (AvgIpc) is 3.29. The third-order valence-corrected chi connectivity index (χ3v) is 6.42. The van der Waals surface area contributed by atoms with Crippen LogP contribution in [0.2, 0.25) is 0 Å². The van der Waals surface area contributed by atoms with Gasteiger partial charge in [-0.25, -0.2) is 4.79 Å². The molecule has 1 aromatic carbocycles. The SMILES string of the molecule is CSCCC(NC(=O)C(CO)NC(=O)C(N)CCC(=O)O)C(=O)NC(Cc1c[nH]c2ccccc12)C(=O)O. The minimum absolute atomic E-state index is 0.00215. The molecule has 0 fully saturated rings. The molecule has 0 spiro atoms. The van der Waals surface area contributed by atoms with E-state index in [9.17, 15) is 34.2 Å². The van der Waals surface area contributed by atoms with Crippen LogP contribution in [0.1, 0.15) is 24.8 Å². The number of H-pyrrole nitrogens is 1. The van der Waals surface area contributed by atoms with E-state index in [1.807, 2.05) is 24.3 Å². The van der Waals surface area contributed by atoms with E-state index in [4.69, 9.17) is 10.8 Å². The number of aliphatic hydroxyl groups excluding tert-OH is 1. The van der Waals surface area contributed by atoms with E-state index in [0.717, 1.165) is 10.9 Å². The number of hydrogen-bond donors (Lipinski definition) is 8. The van der Waals surface area contributed by atoms with Gasteiger partial charge in [0.25, 0.3) is 0 Å². The molecular weight excluding hydrogens is 518 g/mol. The largest absolute Gasteiger partial charge is 0.481 e. The van der Waals surface area contributed by atoms with Crippen molar-refractivity contribution in [2.24, 2.45) is 5.73 Å². The number of para-hydroxylation sites is 1. The number of aromatic amines is 1. The molecule has 2 aromatic rings. The molecule has 9 N–H and O–H groups in total. The number of nitrogens with two attached hydrogens (primary N) is 1. The summed E-state index contributed by atoms with van der Waals surface area (Å²) in [5.41, 5.74) is 7.16. The molecular formula is C24H33N5O8S. The van der Waals surface area contributed by atoms with Crippen molar-refractivity contribution < 1.29 is 39.3 Å². The molecule has 4 unspecified atom stereocenters. The summed E-state index contributed by atoms with van der Waals surface area (Å²) in [6, 6.07) is 2.23. The van der Waals surface area contributed by atoms with E-state index in [1.165, 1.54) is 11.8 Å². The van der Waals surface area contributed by atoms with Crippen LogP contribution in [-0.4, -0.2) is 92.7 Å². The maximum absolute atomic E-state index is 13.1. The molecule has 0 radical (unpaired) electrons. The van der Waals surface area contributed by atoms with Crippen LogP contribution < -0.4 is 21.7 Å². The Balaban J connectivity index is 2.08. The Labute approximate surface area is 222 Å². The normalized spacial score (nSPS) is 14.2. The fourth-order valence-electron chi connectivity index (χ4n) is 3.65. The molecule has 0 aliphatic carbocycles. The van der Waals surface area contributed by atoms with Crippen LogP contribution in [0.25, 0.3) is 10.9 Å². The van der Waals surface area contributed by atoms with Gasteiger partial charge in [-0.3, -0.25) is 19.2 Å². The molecule has 0 saturated carbocycles. The van der Waals surface area contributed by atoms with Gasteiger partial charge in [-0.05, 0) is 36.5 Å².